The molecule has 2 rings (SSSR count). The standard InChI is InChI=1S/C11H23N.C9H16F3N/c1-4-6-11-7-5-8-12(9-11)10(2)3;1-7(2)13-5-3-4-8(6-13)9(10,11)12/h10-11H,4-9H2,1-3H3;7-8H,3-6H2,1-2H3. The fraction of sp³-hybridized carbons (Fsp3) is 1.00. The van der Waals surface area contributed by atoms with E-state index in [0.29, 0.717) is 12.8 Å². The molecule has 0 aromatic carbocycles. The lowest BCUT2D eigenvalue weighted by molar-refractivity contribution is -0.188. The van der Waals surface area contributed by atoms with Gasteiger partial charge in [0.1, 0.15) is 0 Å². The first-order valence-electron chi connectivity index (χ1n) is 10.2. The van der Waals surface area contributed by atoms with Gasteiger partial charge in [-0.2, -0.15) is 13.2 Å². The van der Waals surface area contributed by atoms with Crippen molar-refractivity contribution >= 4 is 0 Å². The van der Waals surface area contributed by atoms with Crippen LogP contribution in [0.4, 0.5) is 13.2 Å². The minimum Gasteiger partial charge on any atom is -0.301 e. The molecule has 2 aliphatic rings. The van der Waals surface area contributed by atoms with Crippen LogP contribution in [0.25, 0.3) is 0 Å². The average Bonchev–Trinajstić information content (AvgIpc) is 2.55. The van der Waals surface area contributed by atoms with Gasteiger partial charge in [-0.3, -0.25) is 0 Å². The Morgan fingerprint density at radius 2 is 1.40 bits per heavy atom. The summed E-state index contributed by atoms with van der Waals surface area (Å²) in [5, 5.41) is 0. The largest absolute Gasteiger partial charge is 0.393 e. The Hall–Kier alpha value is -0.290. The predicted octanol–water partition coefficient (Wildman–Crippen LogP) is 5.58. The predicted molar refractivity (Wildman–Crippen MR) is 99.8 cm³/mol. The highest BCUT2D eigenvalue weighted by Crippen LogP contribution is 2.33. The molecule has 0 amide bonds. The van der Waals surface area contributed by atoms with Crippen molar-refractivity contribution in [3.63, 3.8) is 0 Å². The van der Waals surface area contributed by atoms with Crippen LogP contribution in [0.5, 0.6) is 0 Å². The fourth-order valence-electron chi connectivity index (χ4n) is 3.95. The fourth-order valence-corrected chi connectivity index (χ4v) is 3.95. The van der Waals surface area contributed by atoms with Gasteiger partial charge in [0, 0.05) is 25.2 Å². The highest BCUT2D eigenvalue weighted by Gasteiger charge is 2.41. The smallest absolute Gasteiger partial charge is 0.301 e. The van der Waals surface area contributed by atoms with E-state index in [-0.39, 0.29) is 12.6 Å². The van der Waals surface area contributed by atoms with Crippen LogP contribution in [0.3, 0.4) is 0 Å². The zero-order valence-corrected chi connectivity index (χ0v) is 16.9. The molecule has 2 heterocycles. The van der Waals surface area contributed by atoms with Crippen LogP contribution in [0, 0.1) is 11.8 Å². The minimum absolute atomic E-state index is 0.182. The van der Waals surface area contributed by atoms with Gasteiger partial charge in [-0.1, -0.05) is 13.3 Å². The Labute approximate surface area is 153 Å². The second kappa shape index (κ2) is 10.8. The van der Waals surface area contributed by atoms with Gasteiger partial charge in [-0.05, 0) is 78.8 Å². The number of nitrogens with zero attached hydrogens (tertiary/aromatic N) is 2. The Morgan fingerprint density at radius 3 is 1.88 bits per heavy atom. The lowest BCUT2D eigenvalue weighted by Crippen LogP contribution is -2.44. The number of likely N-dealkylation sites (tertiary alicyclic amines) is 2. The number of piperidine rings is 2. The van der Waals surface area contributed by atoms with E-state index in [1.165, 1.54) is 38.8 Å². The highest BCUT2D eigenvalue weighted by molar-refractivity contribution is 4.79. The number of hydrogen-bond acceptors (Lipinski definition) is 2. The van der Waals surface area contributed by atoms with Crippen molar-refractivity contribution in [3.8, 4) is 0 Å². The van der Waals surface area contributed by atoms with Crippen molar-refractivity contribution < 1.29 is 13.2 Å². The summed E-state index contributed by atoms with van der Waals surface area (Å²) in [5.74, 6) is -0.116. The molecular formula is C20H39F3N2. The van der Waals surface area contributed by atoms with Crippen molar-refractivity contribution in [1.29, 1.82) is 0 Å². The van der Waals surface area contributed by atoms with Gasteiger partial charge in [0.2, 0.25) is 0 Å². The van der Waals surface area contributed by atoms with Crippen LogP contribution in [0.2, 0.25) is 0 Å². The maximum absolute atomic E-state index is 12.4. The van der Waals surface area contributed by atoms with Gasteiger partial charge < -0.3 is 9.80 Å². The van der Waals surface area contributed by atoms with Crippen molar-refractivity contribution in [2.75, 3.05) is 26.2 Å². The van der Waals surface area contributed by atoms with Gasteiger partial charge >= 0.3 is 6.18 Å². The molecule has 5 heteroatoms. The third kappa shape index (κ3) is 8.29. The molecule has 0 aromatic rings. The van der Waals surface area contributed by atoms with Crippen molar-refractivity contribution in [3.05, 3.63) is 0 Å². The summed E-state index contributed by atoms with van der Waals surface area (Å²) in [5.41, 5.74) is 0. The topological polar surface area (TPSA) is 6.48 Å². The molecule has 25 heavy (non-hydrogen) atoms. The van der Waals surface area contributed by atoms with Gasteiger partial charge in [-0.15, -0.1) is 0 Å². The van der Waals surface area contributed by atoms with E-state index in [9.17, 15) is 13.2 Å². The number of rotatable bonds is 4. The maximum Gasteiger partial charge on any atom is 0.393 e. The number of hydrogen-bond donors (Lipinski definition) is 0. The van der Waals surface area contributed by atoms with E-state index in [1.54, 1.807) is 0 Å². The summed E-state index contributed by atoms with van der Waals surface area (Å²) in [6.45, 7) is 14.5. The van der Waals surface area contributed by atoms with E-state index in [4.69, 9.17) is 0 Å². The SMILES string of the molecule is CC(C)N1CCCC(C(F)(F)F)C1.CCCC1CCCN(C(C)C)C1. The van der Waals surface area contributed by atoms with Crippen molar-refractivity contribution in [2.24, 2.45) is 11.8 Å². The van der Waals surface area contributed by atoms with Crippen LogP contribution < -0.4 is 0 Å². The molecule has 2 atom stereocenters. The average molecular weight is 365 g/mol. The zero-order chi connectivity index (χ0) is 19.0. The Morgan fingerprint density at radius 1 is 0.880 bits per heavy atom. The molecule has 0 bridgehead atoms. The molecule has 2 nitrogen and oxygen atoms in total. The second-order valence-corrected chi connectivity index (χ2v) is 8.36. The molecule has 0 spiro atoms. The van der Waals surface area contributed by atoms with Crippen molar-refractivity contribution in [1.82, 2.24) is 9.80 Å². The van der Waals surface area contributed by atoms with Gasteiger partial charge in [0.05, 0.1) is 5.92 Å². The van der Waals surface area contributed by atoms with E-state index < -0.39 is 12.1 Å². The summed E-state index contributed by atoms with van der Waals surface area (Å²) < 4.78 is 37.1. The monoisotopic (exact) mass is 364 g/mol. The Kier molecular flexibility index (Phi) is 9.79. The molecule has 0 N–H and O–H groups in total. The van der Waals surface area contributed by atoms with Crippen molar-refractivity contribution in [2.45, 2.75) is 91.4 Å². The van der Waals surface area contributed by atoms with Crippen LogP contribution in [-0.2, 0) is 0 Å². The summed E-state index contributed by atoms with van der Waals surface area (Å²) in [6.07, 6.45) is 2.64. The molecule has 2 aliphatic heterocycles. The van der Waals surface area contributed by atoms with E-state index >= 15 is 0 Å². The first-order valence-corrected chi connectivity index (χ1v) is 10.2. The zero-order valence-electron chi connectivity index (χ0n) is 16.9. The summed E-state index contributed by atoms with van der Waals surface area (Å²) >= 11 is 0. The number of halogens is 3. The van der Waals surface area contributed by atoms with Gasteiger partial charge in [0.25, 0.3) is 0 Å². The lowest BCUT2D eigenvalue weighted by atomic mass is 9.93. The first kappa shape index (κ1) is 22.8. The van der Waals surface area contributed by atoms with Crippen LogP contribution in [0.1, 0.15) is 73.1 Å². The maximum atomic E-state index is 12.4. The van der Waals surface area contributed by atoms with E-state index in [2.05, 4.69) is 25.7 Å². The molecule has 0 aliphatic carbocycles. The summed E-state index contributed by atoms with van der Waals surface area (Å²) in [7, 11) is 0. The molecule has 0 saturated carbocycles. The molecular weight excluding hydrogens is 325 g/mol. The molecule has 0 radical (unpaired) electrons. The Balaban J connectivity index is 0.000000251. The van der Waals surface area contributed by atoms with Crippen LogP contribution in [-0.4, -0.2) is 54.2 Å². The molecule has 150 valence electrons. The van der Waals surface area contributed by atoms with Gasteiger partial charge in [0.15, 0.2) is 0 Å². The summed E-state index contributed by atoms with van der Waals surface area (Å²) in [4.78, 5) is 4.53. The molecule has 0 aromatic heterocycles. The third-order valence-corrected chi connectivity index (χ3v) is 5.62. The lowest BCUT2D eigenvalue weighted by Gasteiger charge is -2.36. The molecule has 2 saturated heterocycles. The van der Waals surface area contributed by atoms with E-state index in [1.807, 2.05) is 18.7 Å². The number of alkyl halides is 3. The first-order chi connectivity index (χ1) is 11.6. The molecule has 2 unspecified atom stereocenters. The Bertz CT molecular complexity index is 353. The highest BCUT2D eigenvalue weighted by atomic mass is 19.4. The normalized spacial score (nSPS) is 26.6. The third-order valence-electron chi connectivity index (χ3n) is 5.62. The van der Waals surface area contributed by atoms with Crippen LogP contribution >= 0.6 is 0 Å². The quantitative estimate of drug-likeness (QED) is 0.643. The molecule has 2 fully saturated rings. The van der Waals surface area contributed by atoms with E-state index in [0.717, 1.165) is 18.5 Å². The summed E-state index contributed by atoms with van der Waals surface area (Å²) in [6, 6.07) is 0.981. The van der Waals surface area contributed by atoms with Gasteiger partial charge in [-0.25, -0.2) is 0 Å². The second-order valence-electron chi connectivity index (χ2n) is 8.36. The van der Waals surface area contributed by atoms with Crippen LogP contribution in [0.15, 0.2) is 0 Å². The minimum atomic E-state index is -4.01.